The van der Waals surface area contributed by atoms with Crippen molar-refractivity contribution in [3.8, 4) is 11.5 Å². The molecule has 2 N–H and O–H groups in total. The van der Waals surface area contributed by atoms with Gasteiger partial charge in [-0.05, 0) is 36.4 Å². The van der Waals surface area contributed by atoms with Crippen LogP contribution in [0, 0.1) is 0 Å². The van der Waals surface area contributed by atoms with Crippen LogP contribution < -0.4 is 20.1 Å². The van der Waals surface area contributed by atoms with Crippen LogP contribution in [0.3, 0.4) is 0 Å². The summed E-state index contributed by atoms with van der Waals surface area (Å²) in [6.07, 6.45) is 0.310. The minimum absolute atomic E-state index is 0.0750. The molecule has 2 aromatic rings. The van der Waals surface area contributed by atoms with E-state index in [9.17, 15) is 4.79 Å². The lowest BCUT2D eigenvalue weighted by Crippen LogP contribution is -2.29. The fraction of sp³-hybridized carbons (Fsp3) is 0.278. The van der Waals surface area contributed by atoms with E-state index in [2.05, 4.69) is 10.6 Å². The topological polar surface area (TPSA) is 59.6 Å². The predicted octanol–water partition coefficient (Wildman–Crippen LogP) is 4.00. The van der Waals surface area contributed by atoms with Crippen molar-refractivity contribution in [1.82, 2.24) is 5.32 Å². The number of benzene rings is 2. The Morgan fingerprint density at radius 1 is 1.00 bits per heavy atom. The van der Waals surface area contributed by atoms with E-state index in [0.717, 1.165) is 11.5 Å². The average molecular weight is 383 g/mol. The van der Waals surface area contributed by atoms with Crippen LogP contribution in [-0.2, 0) is 4.79 Å². The van der Waals surface area contributed by atoms with Crippen LogP contribution in [0.4, 0.5) is 5.69 Å². The van der Waals surface area contributed by atoms with Crippen LogP contribution in [0.1, 0.15) is 6.42 Å². The number of halogens is 2. The maximum absolute atomic E-state index is 11.8. The summed E-state index contributed by atoms with van der Waals surface area (Å²) in [6, 6.07) is 12.5. The van der Waals surface area contributed by atoms with Crippen LogP contribution in [0.5, 0.6) is 11.5 Å². The average Bonchev–Trinajstić information content (AvgIpc) is 2.62. The van der Waals surface area contributed by atoms with Crippen molar-refractivity contribution in [1.29, 1.82) is 0 Å². The van der Waals surface area contributed by atoms with E-state index in [4.69, 9.17) is 32.7 Å². The first-order valence-electron chi connectivity index (χ1n) is 7.81. The van der Waals surface area contributed by atoms with E-state index in [1.54, 1.807) is 25.3 Å². The molecule has 1 amide bonds. The highest BCUT2D eigenvalue weighted by Crippen LogP contribution is 2.29. The second-order valence-electron chi connectivity index (χ2n) is 5.15. The minimum atomic E-state index is -0.0750. The predicted molar refractivity (Wildman–Crippen MR) is 101 cm³/mol. The van der Waals surface area contributed by atoms with Crippen LogP contribution in [0.15, 0.2) is 42.5 Å². The Hall–Kier alpha value is -2.11. The van der Waals surface area contributed by atoms with Gasteiger partial charge in [-0.2, -0.15) is 0 Å². The summed E-state index contributed by atoms with van der Waals surface area (Å²) >= 11 is 12.1. The Morgan fingerprint density at radius 2 is 1.64 bits per heavy atom. The zero-order chi connectivity index (χ0) is 18.1. The van der Waals surface area contributed by atoms with E-state index in [0.29, 0.717) is 41.8 Å². The highest BCUT2D eigenvalue weighted by Gasteiger charge is 2.06. The zero-order valence-corrected chi connectivity index (χ0v) is 15.4. The van der Waals surface area contributed by atoms with E-state index in [1.165, 1.54) is 0 Å². The molecule has 0 radical (unpaired) electrons. The molecule has 134 valence electrons. The van der Waals surface area contributed by atoms with Gasteiger partial charge in [-0.3, -0.25) is 4.79 Å². The first-order valence-corrected chi connectivity index (χ1v) is 8.57. The van der Waals surface area contributed by atoms with Crippen molar-refractivity contribution < 1.29 is 14.3 Å². The lowest BCUT2D eigenvalue weighted by molar-refractivity contribution is -0.120. The summed E-state index contributed by atoms with van der Waals surface area (Å²) < 4.78 is 10.6. The molecule has 0 fully saturated rings. The first-order chi connectivity index (χ1) is 12.1. The molecule has 0 aliphatic rings. The summed E-state index contributed by atoms with van der Waals surface area (Å²) in [5.74, 6) is 1.42. The molecule has 0 saturated carbocycles. The van der Waals surface area contributed by atoms with E-state index >= 15 is 0 Å². The molecular formula is C18H20Cl2N2O3. The van der Waals surface area contributed by atoms with Gasteiger partial charge in [0.2, 0.25) is 5.91 Å². The van der Waals surface area contributed by atoms with Crippen molar-refractivity contribution in [3.05, 3.63) is 52.5 Å². The summed E-state index contributed by atoms with van der Waals surface area (Å²) in [5.41, 5.74) is 0.640. The molecule has 0 heterocycles. The molecule has 7 heteroatoms. The number of carbonyl (C=O) groups is 1. The monoisotopic (exact) mass is 382 g/mol. The second-order valence-corrected chi connectivity index (χ2v) is 5.96. The van der Waals surface area contributed by atoms with Gasteiger partial charge in [-0.25, -0.2) is 0 Å². The van der Waals surface area contributed by atoms with E-state index in [1.807, 2.05) is 24.3 Å². The molecule has 0 aliphatic heterocycles. The molecule has 0 atom stereocenters. The largest absolute Gasteiger partial charge is 0.497 e. The smallest absolute Gasteiger partial charge is 0.221 e. The van der Waals surface area contributed by atoms with Crippen LogP contribution in [0.25, 0.3) is 0 Å². The van der Waals surface area contributed by atoms with Crippen molar-refractivity contribution >= 4 is 34.8 Å². The number of hydrogen-bond donors (Lipinski definition) is 2. The lowest BCUT2D eigenvalue weighted by atomic mass is 10.3. The molecule has 2 aromatic carbocycles. The van der Waals surface area contributed by atoms with Crippen LogP contribution >= 0.6 is 23.2 Å². The maximum atomic E-state index is 11.8. The summed E-state index contributed by atoms with van der Waals surface area (Å²) in [5, 5.41) is 6.92. The summed E-state index contributed by atoms with van der Waals surface area (Å²) in [7, 11) is 1.61. The fourth-order valence-electron chi connectivity index (χ4n) is 2.09. The quantitative estimate of drug-likeness (QED) is 0.643. The number of carbonyl (C=O) groups excluding carboxylic acids is 1. The van der Waals surface area contributed by atoms with Crippen molar-refractivity contribution in [2.45, 2.75) is 6.42 Å². The van der Waals surface area contributed by atoms with Gasteiger partial charge in [0, 0.05) is 13.0 Å². The SMILES string of the molecule is COc1ccc(OCCNC(=O)CCNc2c(Cl)cccc2Cl)cc1. The number of methoxy groups -OCH3 is 1. The van der Waals surface area contributed by atoms with Gasteiger partial charge >= 0.3 is 0 Å². The number of rotatable bonds is 9. The van der Waals surface area contributed by atoms with Crippen molar-refractivity contribution in [2.24, 2.45) is 0 Å². The van der Waals surface area contributed by atoms with Gasteiger partial charge in [0.1, 0.15) is 18.1 Å². The molecule has 25 heavy (non-hydrogen) atoms. The third kappa shape index (κ3) is 6.36. The number of amides is 1. The van der Waals surface area contributed by atoms with Crippen LogP contribution in [-0.4, -0.2) is 32.7 Å². The molecule has 0 aliphatic carbocycles. The van der Waals surface area contributed by atoms with Crippen molar-refractivity contribution in [2.75, 3.05) is 32.1 Å². The van der Waals surface area contributed by atoms with E-state index in [-0.39, 0.29) is 5.91 Å². The van der Waals surface area contributed by atoms with Gasteiger partial charge in [0.25, 0.3) is 0 Å². The van der Waals surface area contributed by atoms with Gasteiger partial charge in [-0.15, -0.1) is 0 Å². The molecule has 2 rings (SSSR count). The highest BCUT2D eigenvalue weighted by atomic mass is 35.5. The molecule has 0 spiro atoms. The Bertz CT molecular complexity index is 673. The van der Waals surface area contributed by atoms with Crippen molar-refractivity contribution in [3.63, 3.8) is 0 Å². The third-order valence-electron chi connectivity index (χ3n) is 3.37. The molecule has 0 aromatic heterocycles. The number of nitrogens with one attached hydrogen (secondary N) is 2. The summed E-state index contributed by atoms with van der Waals surface area (Å²) in [6.45, 7) is 1.26. The summed E-state index contributed by atoms with van der Waals surface area (Å²) in [4.78, 5) is 11.8. The lowest BCUT2D eigenvalue weighted by Gasteiger charge is -2.11. The molecule has 0 saturated heterocycles. The second kappa shape index (κ2) is 10.0. The minimum Gasteiger partial charge on any atom is -0.497 e. The fourth-order valence-corrected chi connectivity index (χ4v) is 2.62. The number of ether oxygens (including phenoxy) is 2. The standard InChI is InChI=1S/C18H20Cl2N2O3/c1-24-13-5-7-14(8-6-13)25-12-11-21-17(23)9-10-22-18-15(19)3-2-4-16(18)20/h2-8,22H,9-12H2,1H3,(H,21,23). The highest BCUT2D eigenvalue weighted by molar-refractivity contribution is 6.39. The van der Waals surface area contributed by atoms with Gasteiger partial charge < -0.3 is 20.1 Å². The normalized spacial score (nSPS) is 10.2. The Morgan fingerprint density at radius 3 is 2.28 bits per heavy atom. The Balaban J connectivity index is 1.62. The molecule has 0 bridgehead atoms. The van der Waals surface area contributed by atoms with Gasteiger partial charge in [-0.1, -0.05) is 29.3 Å². The van der Waals surface area contributed by atoms with E-state index < -0.39 is 0 Å². The van der Waals surface area contributed by atoms with Gasteiger partial charge in [0.15, 0.2) is 0 Å². The third-order valence-corrected chi connectivity index (χ3v) is 4.00. The molecule has 5 nitrogen and oxygen atoms in total. The zero-order valence-electron chi connectivity index (χ0n) is 13.9. The Labute approximate surface area is 157 Å². The number of anilines is 1. The first kappa shape index (κ1) is 19.2. The van der Waals surface area contributed by atoms with Gasteiger partial charge in [0.05, 0.1) is 29.4 Å². The maximum Gasteiger partial charge on any atom is 0.221 e. The Kier molecular flexibility index (Phi) is 7.70. The molecule has 0 unspecified atom stereocenters. The molecular weight excluding hydrogens is 363 g/mol. The number of para-hydroxylation sites is 1. The van der Waals surface area contributed by atoms with Crippen LogP contribution in [0.2, 0.25) is 10.0 Å². The number of hydrogen-bond acceptors (Lipinski definition) is 4.